The number of hydrogen-bond acceptors (Lipinski definition) is 6. The number of ether oxygens (including phenoxy) is 2. The van der Waals surface area contributed by atoms with Crippen LogP contribution in [0.4, 0.5) is 0 Å². The molecule has 0 aliphatic carbocycles. The minimum atomic E-state index is 0.00336. The quantitative estimate of drug-likeness (QED) is 0.850. The highest BCUT2D eigenvalue weighted by molar-refractivity contribution is 6.99. The second-order valence-corrected chi connectivity index (χ2v) is 4.68. The van der Waals surface area contributed by atoms with Crippen LogP contribution in [0, 0.1) is 0 Å². The van der Waals surface area contributed by atoms with Crippen LogP contribution in [0.5, 0.6) is 11.5 Å². The summed E-state index contributed by atoms with van der Waals surface area (Å²) in [5.74, 6) is 1.53. The fourth-order valence-corrected chi connectivity index (χ4v) is 2.48. The molecule has 1 heterocycles. The van der Waals surface area contributed by atoms with E-state index >= 15 is 0 Å². The van der Waals surface area contributed by atoms with Crippen LogP contribution < -0.4 is 14.8 Å². The molecular formula is C14H19N3O2S. The molecule has 5 nitrogen and oxygen atoms in total. The molecule has 0 saturated carbocycles. The lowest BCUT2D eigenvalue weighted by Crippen LogP contribution is -2.18. The van der Waals surface area contributed by atoms with Crippen LogP contribution in [-0.4, -0.2) is 29.0 Å². The highest BCUT2D eigenvalue weighted by Gasteiger charge is 2.17. The lowest BCUT2D eigenvalue weighted by molar-refractivity contribution is 0.287. The van der Waals surface area contributed by atoms with Crippen LogP contribution in [0.1, 0.15) is 31.1 Å². The third-order valence-corrected chi connectivity index (χ3v) is 3.36. The number of benzene rings is 1. The van der Waals surface area contributed by atoms with E-state index in [0.29, 0.717) is 13.2 Å². The van der Waals surface area contributed by atoms with E-state index in [2.05, 4.69) is 14.1 Å². The minimum absolute atomic E-state index is 0.00336. The first-order chi connectivity index (χ1) is 9.80. The van der Waals surface area contributed by atoms with Gasteiger partial charge in [0.25, 0.3) is 0 Å². The van der Waals surface area contributed by atoms with E-state index in [0.717, 1.165) is 22.8 Å². The van der Waals surface area contributed by atoms with Gasteiger partial charge in [-0.1, -0.05) is 6.07 Å². The Labute approximate surface area is 123 Å². The zero-order valence-electron chi connectivity index (χ0n) is 11.9. The molecule has 0 aliphatic heterocycles. The van der Waals surface area contributed by atoms with E-state index in [1.54, 1.807) is 6.20 Å². The lowest BCUT2D eigenvalue weighted by Gasteiger charge is -2.17. The standard InChI is InChI=1S/C14H19N3O2S/c1-4-18-12-7-6-10(8-13(12)19-5-2)14(15-3)11-9-16-20-17-11/h6-9,14-15H,4-5H2,1-3H3. The van der Waals surface area contributed by atoms with Crippen LogP contribution in [0.15, 0.2) is 24.4 Å². The van der Waals surface area contributed by atoms with Crippen molar-refractivity contribution >= 4 is 11.7 Å². The van der Waals surface area contributed by atoms with Crippen LogP contribution in [-0.2, 0) is 0 Å². The normalized spacial score (nSPS) is 12.2. The van der Waals surface area contributed by atoms with E-state index < -0.39 is 0 Å². The summed E-state index contributed by atoms with van der Waals surface area (Å²) in [6, 6.07) is 5.96. The van der Waals surface area contributed by atoms with Crippen molar-refractivity contribution in [2.75, 3.05) is 20.3 Å². The Balaban J connectivity index is 2.33. The maximum Gasteiger partial charge on any atom is 0.161 e. The van der Waals surface area contributed by atoms with Gasteiger partial charge in [-0.05, 0) is 38.6 Å². The van der Waals surface area contributed by atoms with Gasteiger partial charge in [0.1, 0.15) is 0 Å². The fourth-order valence-electron chi connectivity index (χ4n) is 2.03. The summed E-state index contributed by atoms with van der Waals surface area (Å²) in [5.41, 5.74) is 1.98. The van der Waals surface area contributed by atoms with E-state index in [9.17, 15) is 0 Å². The van der Waals surface area contributed by atoms with E-state index in [4.69, 9.17) is 9.47 Å². The zero-order valence-corrected chi connectivity index (χ0v) is 12.7. The van der Waals surface area contributed by atoms with Crippen LogP contribution in [0.3, 0.4) is 0 Å². The molecule has 0 spiro atoms. The second-order valence-electron chi connectivity index (χ2n) is 4.13. The molecule has 1 N–H and O–H groups in total. The molecular weight excluding hydrogens is 274 g/mol. The van der Waals surface area contributed by atoms with Crippen molar-refractivity contribution in [3.05, 3.63) is 35.7 Å². The minimum Gasteiger partial charge on any atom is -0.490 e. The maximum absolute atomic E-state index is 5.66. The first-order valence-electron chi connectivity index (χ1n) is 6.64. The van der Waals surface area contributed by atoms with Gasteiger partial charge < -0.3 is 14.8 Å². The van der Waals surface area contributed by atoms with Gasteiger partial charge in [0.05, 0.1) is 42.9 Å². The van der Waals surface area contributed by atoms with Crippen molar-refractivity contribution in [2.45, 2.75) is 19.9 Å². The van der Waals surface area contributed by atoms with Gasteiger partial charge in [-0.15, -0.1) is 0 Å². The summed E-state index contributed by atoms with van der Waals surface area (Å²) >= 11 is 1.21. The monoisotopic (exact) mass is 293 g/mol. The predicted octanol–water partition coefficient (Wildman–Crippen LogP) is 2.64. The molecule has 108 valence electrons. The van der Waals surface area contributed by atoms with Crippen LogP contribution >= 0.6 is 11.7 Å². The number of nitrogens with zero attached hydrogens (tertiary/aromatic N) is 2. The zero-order chi connectivity index (χ0) is 14.4. The molecule has 1 aromatic heterocycles. The van der Waals surface area contributed by atoms with Crippen LogP contribution in [0.2, 0.25) is 0 Å². The number of nitrogens with one attached hydrogen (secondary N) is 1. The average Bonchev–Trinajstić information content (AvgIpc) is 2.97. The van der Waals surface area contributed by atoms with Crippen molar-refractivity contribution in [2.24, 2.45) is 0 Å². The summed E-state index contributed by atoms with van der Waals surface area (Å²) in [6.45, 7) is 5.14. The molecule has 2 aromatic rings. The molecule has 0 radical (unpaired) electrons. The summed E-state index contributed by atoms with van der Waals surface area (Å²) in [4.78, 5) is 0. The van der Waals surface area contributed by atoms with Gasteiger partial charge >= 0.3 is 0 Å². The molecule has 1 aromatic carbocycles. The number of hydrogen-bond donors (Lipinski definition) is 1. The molecule has 0 fully saturated rings. The third kappa shape index (κ3) is 3.26. The van der Waals surface area contributed by atoms with Gasteiger partial charge in [-0.2, -0.15) is 8.75 Å². The maximum atomic E-state index is 5.66. The summed E-state index contributed by atoms with van der Waals surface area (Å²) in [7, 11) is 1.90. The van der Waals surface area contributed by atoms with Crippen molar-refractivity contribution in [1.82, 2.24) is 14.1 Å². The largest absolute Gasteiger partial charge is 0.490 e. The van der Waals surface area contributed by atoms with Gasteiger partial charge in [-0.25, -0.2) is 0 Å². The van der Waals surface area contributed by atoms with Crippen molar-refractivity contribution in [3.8, 4) is 11.5 Å². The highest BCUT2D eigenvalue weighted by Crippen LogP contribution is 2.32. The molecule has 0 bridgehead atoms. The molecule has 1 unspecified atom stereocenters. The molecule has 1 atom stereocenters. The Bertz CT molecular complexity index is 531. The van der Waals surface area contributed by atoms with Gasteiger partial charge in [0, 0.05) is 0 Å². The average molecular weight is 293 g/mol. The Kier molecular flexibility index (Phi) is 5.31. The fraction of sp³-hybridized carbons (Fsp3) is 0.429. The number of aromatic nitrogens is 2. The predicted molar refractivity (Wildman–Crippen MR) is 79.6 cm³/mol. The smallest absolute Gasteiger partial charge is 0.161 e. The van der Waals surface area contributed by atoms with Gasteiger partial charge in [0.2, 0.25) is 0 Å². The van der Waals surface area contributed by atoms with E-state index in [1.807, 2.05) is 39.1 Å². The summed E-state index contributed by atoms with van der Waals surface area (Å²) < 4.78 is 19.6. The van der Waals surface area contributed by atoms with Gasteiger partial charge in [-0.3, -0.25) is 0 Å². The third-order valence-electron chi connectivity index (χ3n) is 2.86. The van der Waals surface area contributed by atoms with Crippen molar-refractivity contribution < 1.29 is 9.47 Å². The number of rotatable bonds is 7. The Hall–Kier alpha value is -1.66. The SMILES string of the molecule is CCOc1ccc(C(NC)c2cnsn2)cc1OCC. The second kappa shape index (κ2) is 7.21. The topological polar surface area (TPSA) is 56.3 Å². The van der Waals surface area contributed by atoms with Crippen molar-refractivity contribution in [3.63, 3.8) is 0 Å². The molecule has 0 aliphatic rings. The Morgan fingerprint density at radius 2 is 1.95 bits per heavy atom. The Morgan fingerprint density at radius 3 is 2.55 bits per heavy atom. The molecule has 20 heavy (non-hydrogen) atoms. The first kappa shape index (κ1) is 14.7. The van der Waals surface area contributed by atoms with Crippen LogP contribution in [0.25, 0.3) is 0 Å². The van der Waals surface area contributed by atoms with E-state index in [-0.39, 0.29) is 6.04 Å². The molecule has 2 rings (SSSR count). The molecule has 0 saturated heterocycles. The first-order valence-corrected chi connectivity index (χ1v) is 7.37. The van der Waals surface area contributed by atoms with Crippen molar-refractivity contribution in [1.29, 1.82) is 0 Å². The molecule has 0 amide bonds. The van der Waals surface area contributed by atoms with E-state index in [1.165, 1.54) is 11.7 Å². The molecule has 6 heteroatoms. The summed E-state index contributed by atoms with van der Waals surface area (Å²) in [6.07, 6.45) is 1.78. The summed E-state index contributed by atoms with van der Waals surface area (Å²) in [5, 5.41) is 3.25. The van der Waals surface area contributed by atoms with Gasteiger partial charge in [0.15, 0.2) is 11.5 Å². The lowest BCUT2D eigenvalue weighted by atomic mass is 10.0. The Morgan fingerprint density at radius 1 is 1.20 bits per heavy atom. The highest BCUT2D eigenvalue weighted by atomic mass is 32.1.